The Kier molecular flexibility index (Phi) is 2.48. The van der Waals surface area contributed by atoms with Crippen LogP contribution in [0, 0.1) is 0 Å². The van der Waals surface area contributed by atoms with E-state index >= 15 is 0 Å². The molecule has 15 heavy (non-hydrogen) atoms. The number of benzene rings is 1. The molecule has 0 saturated heterocycles. The SMILES string of the molecule is CS(=O)(=O)Cc1coc2ccc(Cl)cc12. The first kappa shape index (κ1) is 10.5. The van der Waals surface area contributed by atoms with Crippen molar-refractivity contribution in [1.29, 1.82) is 0 Å². The Bertz CT molecular complexity index is 598. The van der Waals surface area contributed by atoms with Crippen molar-refractivity contribution in [3.63, 3.8) is 0 Å². The molecule has 2 aromatic rings. The number of rotatable bonds is 2. The van der Waals surface area contributed by atoms with Crippen LogP contribution in [0.25, 0.3) is 11.0 Å². The van der Waals surface area contributed by atoms with Gasteiger partial charge in [0.25, 0.3) is 0 Å². The molecule has 0 bridgehead atoms. The number of fused-ring (bicyclic) bond motifs is 1. The van der Waals surface area contributed by atoms with Gasteiger partial charge < -0.3 is 4.42 Å². The summed E-state index contributed by atoms with van der Waals surface area (Å²) < 4.78 is 27.5. The van der Waals surface area contributed by atoms with E-state index < -0.39 is 9.84 Å². The molecule has 1 heterocycles. The Morgan fingerprint density at radius 3 is 2.80 bits per heavy atom. The minimum atomic E-state index is -3.05. The third kappa shape index (κ3) is 2.33. The molecule has 0 unspecified atom stereocenters. The second-order valence-corrected chi connectivity index (χ2v) is 6.05. The van der Waals surface area contributed by atoms with Crippen LogP contribution in [0.4, 0.5) is 0 Å². The van der Waals surface area contributed by atoms with Crippen LogP contribution >= 0.6 is 11.6 Å². The molecule has 1 aromatic carbocycles. The first-order valence-electron chi connectivity index (χ1n) is 4.29. The molecule has 0 spiro atoms. The number of furan rings is 1. The second-order valence-electron chi connectivity index (χ2n) is 3.47. The first-order chi connectivity index (χ1) is 6.96. The highest BCUT2D eigenvalue weighted by atomic mass is 35.5. The molecule has 0 N–H and O–H groups in total. The highest BCUT2D eigenvalue weighted by Crippen LogP contribution is 2.25. The molecule has 5 heteroatoms. The average molecular weight is 245 g/mol. The molecule has 0 aliphatic heterocycles. The lowest BCUT2D eigenvalue weighted by molar-refractivity contribution is 0.596. The van der Waals surface area contributed by atoms with Gasteiger partial charge in [-0.25, -0.2) is 8.42 Å². The summed E-state index contributed by atoms with van der Waals surface area (Å²) in [7, 11) is -3.05. The van der Waals surface area contributed by atoms with Crippen LogP contribution in [0.5, 0.6) is 0 Å². The summed E-state index contributed by atoms with van der Waals surface area (Å²) >= 11 is 5.83. The van der Waals surface area contributed by atoms with Crippen molar-refractivity contribution in [2.24, 2.45) is 0 Å². The lowest BCUT2D eigenvalue weighted by Crippen LogP contribution is -1.99. The van der Waals surface area contributed by atoms with Crippen molar-refractivity contribution in [1.82, 2.24) is 0 Å². The summed E-state index contributed by atoms with van der Waals surface area (Å²) in [5.74, 6) is -0.0274. The highest BCUT2D eigenvalue weighted by Gasteiger charge is 2.11. The summed E-state index contributed by atoms with van der Waals surface area (Å²) in [6.45, 7) is 0. The third-order valence-corrected chi connectivity index (χ3v) is 3.10. The van der Waals surface area contributed by atoms with Crippen LogP contribution in [0.3, 0.4) is 0 Å². The molecular formula is C10H9ClO3S. The molecule has 0 aliphatic carbocycles. The van der Waals surface area contributed by atoms with E-state index in [4.69, 9.17) is 16.0 Å². The smallest absolute Gasteiger partial charge is 0.151 e. The number of hydrogen-bond donors (Lipinski definition) is 0. The van der Waals surface area contributed by atoms with Crippen LogP contribution in [0.1, 0.15) is 5.56 Å². The van der Waals surface area contributed by atoms with Crippen molar-refractivity contribution >= 4 is 32.4 Å². The molecule has 3 nitrogen and oxygen atoms in total. The van der Waals surface area contributed by atoms with Gasteiger partial charge >= 0.3 is 0 Å². The topological polar surface area (TPSA) is 47.3 Å². The second kappa shape index (κ2) is 3.54. The first-order valence-corrected chi connectivity index (χ1v) is 6.73. The summed E-state index contributed by atoms with van der Waals surface area (Å²) in [6.07, 6.45) is 2.65. The van der Waals surface area contributed by atoms with E-state index in [1.165, 1.54) is 12.5 Å². The van der Waals surface area contributed by atoms with Crippen LogP contribution in [-0.4, -0.2) is 14.7 Å². The largest absolute Gasteiger partial charge is 0.464 e. The molecular weight excluding hydrogens is 236 g/mol. The minimum Gasteiger partial charge on any atom is -0.464 e. The van der Waals surface area contributed by atoms with Gasteiger partial charge in [-0.2, -0.15) is 0 Å². The van der Waals surface area contributed by atoms with Crippen molar-refractivity contribution in [2.75, 3.05) is 6.26 Å². The summed E-state index contributed by atoms with van der Waals surface area (Å²) in [5.41, 5.74) is 1.30. The lowest BCUT2D eigenvalue weighted by atomic mass is 10.2. The van der Waals surface area contributed by atoms with Crippen molar-refractivity contribution in [3.8, 4) is 0 Å². The molecule has 0 radical (unpaired) electrons. The predicted molar refractivity (Wildman–Crippen MR) is 59.8 cm³/mol. The van der Waals surface area contributed by atoms with E-state index in [1.807, 2.05) is 0 Å². The normalized spacial score (nSPS) is 12.1. The zero-order valence-electron chi connectivity index (χ0n) is 8.03. The van der Waals surface area contributed by atoms with Gasteiger partial charge in [-0.05, 0) is 18.2 Å². The van der Waals surface area contributed by atoms with Gasteiger partial charge in [0.15, 0.2) is 9.84 Å². The van der Waals surface area contributed by atoms with Crippen LogP contribution < -0.4 is 0 Å². The molecule has 2 rings (SSSR count). The summed E-state index contributed by atoms with van der Waals surface area (Å²) in [5, 5.41) is 1.33. The summed E-state index contributed by atoms with van der Waals surface area (Å²) in [4.78, 5) is 0. The van der Waals surface area contributed by atoms with Gasteiger partial charge in [0.1, 0.15) is 5.58 Å². The van der Waals surface area contributed by atoms with Crippen molar-refractivity contribution < 1.29 is 12.8 Å². The van der Waals surface area contributed by atoms with E-state index in [0.29, 0.717) is 16.2 Å². The fourth-order valence-electron chi connectivity index (χ4n) is 1.45. The molecule has 0 atom stereocenters. The van der Waals surface area contributed by atoms with Gasteiger partial charge in [0, 0.05) is 22.2 Å². The van der Waals surface area contributed by atoms with Crippen LogP contribution in [-0.2, 0) is 15.6 Å². The fourth-order valence-corrected chi connectivity index (χ4v) is 2.41. The monoisotopic (exact) mass is 244 g/mol. The fraction of sp³-hybridized carbons (Fsp3) is 0.200. The maximum atomic E-state index is 11.2. The van der Waals surface area contributed by atoms with Gasteiger partial charge in [0.05, 0.1) is 12.0 Å². The number of sulfone groups is 1. The molecule has 80 valence electrons. The maximum absolute atomic E-state index is 11.2. The van der Waals surface area contributed by atoms with Crippen LogP contribution in [0.15, 0.2) is 28.9 Å². The highest BCUT2D eigenvalue weighted by molar-refractivity contribution is 7.89. The van der Waals surface area contributed by atoms with Gasteiger partial charge in [-0.1, -0.05) is 11.6 Å². The van der Waals surface area contributed by atoms with Crippen molar-refractivity contribution in [2.45, 2.75) is 5.75 Å². The Morgan fingerprint density at radius 1 is 1.40 bits per heavy atom. The van der Waals surface area contributed by atoms with E-state index in [0.717, 1.165) is 5.39 Å². The number of halogens is 1. The minimum absolute atomic E-state index is 0.0274. The quantitative estimate of drug-likeness (QED) is 0.816. The predicted octanol–water partition coefficient (Wildman–Crippen LogP) is 2.63. The molecule has 0 aliphatic rings. The zero-order chi connectivity index (χ0) is 11.1. The Hall–Kier alpha value is -1.00. The molecule has 0 amide bonds. The molecule has 0 saturated carbocycles. The third-order valence-electron chi connectivity index (χ3n) is 2.03. The Labute approximate surface area is 92.6 Å². The Balaban J connectivity index is 2.57. The standard InChI is InChI=1S/C10H9ClO3S/c1-15(12,13)6-7-5-14-10-3-2-8(11)4-9(7)10/h2-5H,6H2,1H3. The average Bonchev–Trinajstić information content (AvgIpc) is 2.46. The van der Waals surface area contributed by atoms with E-state index in [1.54, 1.807) is 18.2 Å². The maximum Gasteiger partial charge on any atom is 0.151 e. The number of hydrogen-bond acceptors (Lipinski definition) is 3. The Morgan fingerprint density at radius 2 is 2.13 bits per heavy atom. The van der Waals surface area contributed by atoms with Gasteiger partial charge in [0.2, 0.25) is 0 Å². The van der Waals surface area contributed by atoms with Crippen LogP contribution in [0.2, 0.25) is 5.02 Å². The van der Waals surface area contributed by atoms with E-state index in [2.05, 4.69) is 0 Å². The molecule has 1 aromatic heterocycles. The van der Waals surface area contributed by atoms with Crippen molar-refractivity contribution in [3.05, 3.63) is 35.0 Å². The zero-order valence-corrected chi connectivity index (χ0v) is 9.60. The van der Waals surface area contributed by atoms with Gasteiger partial charge in [-0.15, -0.1) is 0 Å². The van der Waals surface area contributed by atoms with Gasteiger partial charge in [-0.3, -0.25) is 0 Å². The van der Waals surface area contributed by atoms with E-state index in [-0.39, 0.29) is 5.75 Å². The summed E-state index contributed by atoms with van der Waals surface area (Å²) in [6, 6.07) is 5.14. The lowest BCUT2D eigenvalue weighted by Gasteiger charge is -1.96. The van der Waals surface area contributed by atoms with E-state index in [9.17, 15) is 8.42 Å². The molecule has 0 fully saturated rings.